The van der Waals surface area contributed by atoms with Gasteiger partial charge in [-0.1, -0.05) is 12.8 Å². The van der Waals surface area contributed by atoms with Crippen LogP contribution in [0.4, 0.5) is 0 Å². The van der Waals surface area contributed by atoms with Crippen molar-refractivity contribution in [1.82, 2.24) is 5.32 Å². The number of hydrogen-bond acceptors (Lipinski definition) is 4. The van der Waals surface area contributed by atoms with Gasteiger partial charge in [0.25, 0.3) is 0 Å². The fourth-order valence-electron chi connectivity index (χ4n) is 3.13. The Morgan fingerprint density at radius 1 is 1.19 bits per heavy atom. The van der Waals surface area contributed by atoms with Crippen LogP contribution in [0.5, 0.6) is 11.5 Å². The second kappa shape index (κ2) is 7.95. The molecule has 2 rings (SSSR count). The molecular formula is C17H27NO2S. The molecule has 0 radical (unpaired) electrons. The zero-order chi connectivity index (χ0) is 15.2. The molecule has 0 aliphatic heterocycles. The highest BCUT2D eigenvalue weighted by molar-refractivity contribution is 7.98. The number of ether oxygens (including phenoxy) is 2. The van der Waals surface area contributed by atoms with Crippen LogP contribution >= 0.6 is 11.8 Å². The van der Waals surface area contributed by atoms with E-state index in [0.717, 1.165) is 24.0 Å². The lowest BCUT2D eigenvalue weighted by Crippen LogP contribution is -2.31. The average Bonchev–Trinajstić information content (AvgIpc) is 3.06. The van der Waals surface area contributed by atoms with Crippen LogP contribution in [0.2, 0.25) is 0 Å². The van der Waals surface area contributed by atoms with Gasteiger partial charge in [-0.3, -0.25) is 0 Å². The third-order valence-corrected chi connectivity index (χ3v) is 5.33. The first-order chi connectivity index (χ1) is 10.2. The van der Waals surface area contributed by atoms with E-state index < -0.39 is 0 Å². The van der Waals surface area contributed by atoms with E-state index in [0.29, 0.717) is 6.04 Å². The summed E-state index contributed by atoms with van der Waals surface area (Å²) in [5.41, 5.74) is 1.28. The maximum atomic E-state index is 5.42. The summed E-state index contributed by atoms with van der Waals surface area (Å²) in [6, 6.07) is 4.75. The van der Waals surface area contributed by atoms with Crippen molar-refractivity contribution in [2.24, 2.45) is 5.92 Å². The molecule has 118 valence electrons. The van der Waals surface area contributed by atoms with E-state index in [1.165, 1.54) is 36.1 Å². The largest absolute Gasteiger partial charge is 0.493 e. The van der Waals surface area contributed by atoms with Gasteiger partial charge in [-0.05, 0) is 49.6 Å². The van der Waals surface area contributed by atoms with Gasteiger partial charge in [-0.2, -0.15) is 0 Å². The standard InChI is InChI=1S/C17H27NO2S/c1-12(13-7-5-6-8-13)18-11-14-9-15(19-2)16(20-3)10-17(14)21-4/h9-10,12-13,18H,5-8,11H2,1-4H3/t12-/m1/s1. The van der Waals surface area contributed by atoms with E-state index in [9.17, 15) is 0 Å². The van der Waals surface area contributed by atoms with Crippen LogP contribution in [0.1, 0.15) is 38.2 Å². The molecule has 0 unspecified atom stereocenters. The lowest BCUT2D eigenvalue weighted by Gasteiger charge is -2.21. The lowest BCUT2D eigenvalue weighted by atomic mass is 9.99. The van der Waals surface area contributed by atoms with Crippen molar-refractivity contribution in [3.63, 3.8) is 0 Å². The summed E-state index contributed by atoms with van der Waals surface area (Å²) in [5.74, 6) is 2.44. The predicted octanol–water partition coefficient (Wildman–Crippen LogP) is 4.09. The quantitative estimate of drug-likeness (QED) is 0.768. The van der Waals surface area contributed by atoms with Crippen LogP contribution in [0.25, 0.3) is 0 Å². The minimum absolute atomic E-state index is 0.579. The third-order valence-electron chi connectivity index (χ3n) is 4.51. The Bertz CT molecular complexity index is 458. The molecule has 0 bridgehead atoms. The van der Waals surface area contributed by atoms with Gasteiger partial charge in [-0.25, -0.2) is 0 Å². The summed E-state index contributed by atoms with van der Waals surface area (Å²) in [4.78, 5) is 1.25. The third kappa shape index (κ3) is 4.07. The molecule has 21 heavy (non-hydrogen) atoms. The summed E-state index contributed by atoms with van der Waals surface area (Å²) in [7, 11) is 3.37. The summed E-state index contributed by atoms with van der Waals surface area (Å²) >= 11 is 1.75. The number of benzene rings is 1. The van der Waals surface area contributed by atoms with Crippen LogP contribution in [0.3, 0.4) is 0 Å². The SMILES string of the molecule is COc1cc(CN[C@H](C)C2CCCC2)c(SC)cc1OC. The molecule has 3 nitrogen and oxygen atoms in total. The normalized spacial score (nSPS) is 17.0. The molecule has 1 fully saturated rings. The highest BCUT2D eigenvalue weighted by Gasteiger charge is 2.21. The van der Waals surface area contributed by atoms with Gasteiger partial charge in [0.15, 0.2) is 11.5 Å². The Morgan fingerprint density at radius 2 is 1.81 bits per heavy atom. The van der Waals surface area contributed by atoms with Crippen molar-refractivity contribution in [2.75, 3.05) is 20.5 Å². The Kier molecular flexibility index (Phi) is 6.24. The van der Waals surface area contributed by atoms with E-state index in [1.807, 2.05) is 0 Å². The van der Waals surface area contributed by atoms with E-state index in [-0.39, 0.29) is 0 Å². The minimum Gasteiger partial charge on any atom is -0.493 e. The molecule has 0 amide bonds. The monoisotopic (exact) mass is 309 g/mol. The van der Waals surface area contributed by atoms with Gasteiger partial charge in [0, 0.05) is 17.5 Å². The van der Waals surface area contributed by atoms with Crippen molar-refractivity contribution in [1.29, 1.82) is 0 Å². The molecule has 0 aromatic heterocycles. The van der Waals surface area contributed by atoms with Crippen LogP contribution in [0.15, 0.2) is 17.0 Å². The molecule has 1 saturated carbocycles. The number of rotatable bonds is 7. The van der Waals surface area contributed by atoms with Gasteiger partial charge in [0.2, 0.25) is 0 Å². The molecule has 1 aromatic carbocycles. The average molecular weight is 309 g/mol. The second-order valence-corrected chi connectivity index (χ2v) is 6.58. The molecule has 0 spiro atoms. The topological polar surface area (TPSA) is 30.5 Å². The number of methoxy groups -OCH3 is 2. The van der Waals surface area contributed by atoms with Crippen LogP contribution in [-0.2, 0) is 6.54 Å². The van der Waals surface area contributed by atoms with Crippen molar-refractivity contribution in [3.05, 3.63) is 17.7 Å². The molecular weight excluding hydrogens is 282 g/mol. The molecule has 4 heteroatoms. The zero-order valence-electron chi connectivity index (χ0n) is 13.6. The summed E-state index contributed by atoms with van der Waals surface area (Å²) < 4.78 is 10.8. The van der Waals surface area contributed by atoms with Crippen molar-refractivity contribution >= 4 is 11.8 Å². The Morgan fingerprint density at radius 3 is 2.38 bits per heavy atom. The van der Waals surface area contributed by atoms with Crippen molar-refractivity contribution < 1.29 is 9.47 Å². The number of nitrogens with one attached hydrogen (secondary N) is 1. The molecule has 1 aliphatic carbocycles. The first-order valence-corrected chi connectivity index (χ1v) is 8.94. The molecule has 1 aliphatic rings. The lowest BCUT2D eigenvalue weighted by molar-refractivity contribution is 0.351. The molecule has 0 saturated heterocycles. The molecule has 1 N–H and O–H groups in total. The van der Waals surface area contributed by atoms with Gasteiger partial charge in [0.1, 0.15) is 0 Å². The van der Waals surface area contributed by atoms with Gasteiger partial charge in [-0.15, -0.1) is 11.8 Å². The summed E-state index contributed by atoms with van der Waals surface area (Å²) in [5, 5.41) is 3.69. The Balaban J connectivity index is 2.07. The Hall–Kier alpha value is -0.870. The predicted molar refractivity (Wildman–Crippen MR) is 89.6 cm³/mol. The first-order valence-electron chi connectivity index (χ1n) is 7.71. The zero-order valence-corrected chi connectivity index (χ0v) is 14.4. The molecule has 1 aromatic rings. The maximum absolute atomic E-state index is 5.42. The number of thioether (sulfide) groups is 1. The highest BCUT2D eigenvalue weighted by atomic mass is 32.2. The van der Waals surface area contributed by atoms with Crippen LogP contribution in [-0.4, -0.2) is 26.5 Å². The van der Waals surface area contributed by atoms with E-state index >= 15 is 0 Å². The maximum Gasteiger partial charge on any atom is 0.161 e. The summed E-state index contributed by atoms with van der Waals surface area (Å²) in [6.45, 7) is 3.20. The highest BCUT2D eigenvalue weighted by Crippen LogP contribution is 2.35. The Labute approximate surface area is 132 Å². The van der Waals surface area contributed by atoms with Gasteiger partial charge < -0.3 is 14.8 Å². The van der Waals surface area contributed by atoms with E-state index in [1.54, 1.807) is 26.0 Å². The van der Waals surface area contributed by atoms with Crippen molar-refractivity contribution in [3.8, 4) is 11.5 Å². The van der Waals surface area contributed by atoms with Crippen LogP contribution in [0, 0.1) is 5.92 Å². The van der Waals surface area contributed by atoms with Crippen LogP contribution < -0.4 is 14.8 Å². The smallest absolute Gasteiger partial charge is 0.161 e. The fraction of sp³-hybridized carbons (Fsp3) is 0.647. The molecule has 0 heterocycles. The minimum atomic E-state index is 0.579. The number of hydrogen-bond donors (Lipinski definition) is 1. The van der Waals surface area contributed by atoms with E-state index in [2.05, 4.69) is 30.6 Å². The summed E-state index contributed by atoms with van der Waals surface area (Å²) in [6.07, 6.45) is 7.63. The van der Waals surface area contributed by atoms with Gasteiger partial charge >= 0.3 is 0 Å². The van der Waals surface area contributed by atoms with E-state index in [4.69, 9.17) is 9.47 Å². The van der Waals surface area contributed by atoms with Gasteiger partial charge in [0.05, 0.1) is 14.2 Å². The second-order valence-electron chi connectivity index (χ2n) is 5.73. The fourth-order valence-corrected chi connectivity index (χ4v) is 3.74. The van der Waals surface area contributed by atoms with Crippen molar-refractivity contribution in [2.45, 2.75) is 50.1 Å². The molecule has 1 atom stereocenters. The first kappa shape index (κ1) is 16.5.